The van der Waals surface area contributed by atoms with E-state index < -0.39 is 0 Å². The molecule has 0 bridgehead atoms. The summed E-state index contributed by atoms with van der Waals surface area (Å²) in [5.74, 6) is 0. The third kappa shape index (κ3) is 3.42. The topological polar surface area (TPSA) is 29.3 Å². The van der Waals surface area contributed by atoms with E-state index in [2.05, 4.69) is 50.2 Å². The largest absolute Gasteiger partial charge is 0.326 e. The third-order valence-corrected chi connectivity index (χ3v) is 5.09. The normalized spacial score (nSPS) is 20.6. The van der Waals surface area contributed by atoms with E-state index in [4.69, 9.17) is 5.73 Å². The molecule has 1 saturated carbocycles. The van der Waals surface area contributed by atoms with Crippen molar-refractivity contribution in [2.24, 2.45) is 5.73 Å². The molecule has 2 rings (SSSR count). The van der Waals surface area contributed by atoms with E-state index in [-0.39, 0.29) is 11.6 Å². The predicted octanol–water partition coefficient (Wildman–Crippen LogP) is 3.52. The molecule has 0 radical (unpaired) electrons. The van der Waals surface area contributed by atoms with Gasteiger partial charge < -0.3 is 10.6 Å². The molecule has 2 heteroatoms. The van der Waals surface area contributed by atoms with Crippen LogP contribution < -0.4 is 5.73 Å². The summed E-state index contributed by atoms with van der Waals surface area (Å²) in [4.78, 5) is 2.40. The minimum Gasteiger partial charge on any atom is -0.326 e. The van der Waals surface area contributed by atoms with E-state index in [1.165, 1.54) is 49.7 Å². The van der Waals surface area contributed by atoms with Crippen molar-refractivity contribution in [3.8, 4) is 0 Å². The van der Waals surface area contributed by atoms with Crippen molar-refractivity contribution in [1.29, 1.82) is 0 Å². The Hall–Kier alpha value is -0.860. The minimum absolute atomic E-state index is 0.181. The van der Waals surface area contributed by atoms with Crippen LogP contribution in [0.4, 0.5) is 0 Å². The molecule has 112 valence electrons. The molecule has 1 aromatic rings. The molecule has 1 aliphatic carbocycles. The first kappa shape index (κ1) is 15.5. The van der Waals surface area contributed by atoms with Crippen molar-refractivity contribution >= 4 is 0 Å². The molecular formula is C18H30N2. The molecular weight excluding hydrogens is 244 g/mol. The van der Waals surface area contributed by atoms with Gasteiger partial charge in [-0.3, -0.25) is 0 Å². The van der Waals surface area contributed by atoms with Crippen molar-refractivity contribution < 1.29 is 0 Å². The van der Waals surface area contributed by atoms with Gasteiger partial charge in [0.1, 0.15) is 0 Å². The minimum atomic E-state index is 0.181. The first-order valence-corrected chi connectivity index (χ1v) is 8.03. The Kier molecular flexibility index (Phi) is 5.22. The van der Waals surface area contributed by atoms with Crippen molar-refractivity contribution in [3.05, 3.63) is 35.4 Å². The van der Waals surface area contributed by atoms with E-state index in [1.54, 1.807) is 0 Å². The van der Waals surface area contributed by atoms with Crippen LogP contribution in [0.25, 0.3) is 0 Å². The summed E-state index contributed by atoms with van der Waals surface area (Å²) in [7, 11) is 4.42. The van der Waals surface area contributed by atoms with Gasteiger partial charge in [-0.05, 0) is 45.8 Å². The second kappa shape index (κ2) is 6.73. The number of nitrogens with two attached hydrogens (primary N) is 1. The fraction of sp³-hybridized carbons (Fsp3) is 0.667. The van der Waals surface area contributed by atoms with Crippen LogP contribution in [-0.4, -0.2) is 30.6 Å². The monoisotopic (exact) mass is 274 g/mol. The molecule has 2 nitrogen and oxygen atoms in total. The highest BCUT2D eigenvalue weighted by atomic mass is 15.2. The second-order valence-electron chi connectivity index (χ2n) is 6.71. The number of hydrogen-bond donors (Lipinski definition) is 1. The number of hydrogen-bond acceptors (Lipinski definition) is 2. The summed E-state index contributed by atoms with van der Waals surface area (Å²) >= 11 is 0. The van der Waals surface area contributed by atoms with Gasteiger partial charge in [0.25, 0.3) is 0 Å². The van der Waals surface area contributed by atoms with Gasteiger partial charge >= 0.3 is 0 Å². The van der Waals surface area contributed by atoms with E-state index in [0.717, 1.165) is 6.42 Å². The Balaban J connectivity index is 2.16. The Morgan fingerprint density at radius 1 is 1.15 bits per heavy atom. The van der Waals surface area contributed by atoms with Crippen LogP contribution in [0.5, 0.6) is 0 Å². The lowest BCUT2D eigenvalue weighted by molar-refractivity contribution is 0.0968. The van der Waals surface area contributed by atoms with Crippen LogP contribution in [0.3, 0.4) is 0 Å². The SMILES string of the molecule is Cc1cccc(CC(N)C2(N(C)C)CCCCCC2)c1. The summed E-state index contributed by atoms with van der Waals surface area (Å²) < 4.78 is 0. The van der Waals surface area contributed by atoms with Gasteiger partial charge in [0.05, 0.1) is 0 Å². The highest BCUT2D eigenvalue weighted by Gasteiger charge is 2.38. The maximum atomic E-state index is 6.69. The van der Waals surface area contributed by atoms with Crippen molar-refractivity contribution in [2.45, 2.75) is 63.5 Å². The highest BCUT2D eigenvalue weighted by molar-refractivity contribution is 5.24. The molecule has 1 aliphatic rings. The smallest absolute Gasteiger partial charge is 0.0357 e. The number of benzene rings is 1. The van der Waals surface area contributed by atoms with Crippen LogP contribution in [0, 0.1) is 6.92 Å². The van der Waals surface area contributed by atoms with E-state index >= 15 is 0 Å². The summed E-state index contributed by atoms with van der Waals surface area (Å²) in [5.41, 5.74) is 9.58. The van der Waals surface area contributed by atoms with Crippen LogP contribution >= 0.6 is 0 Å². The molecule has 0 saturated heterocycles. The van der Waals surface area contributed by atoms with Crippen molar-refractivity contribution in [1.82, 2.24) is 4.90 Å². The number of likely N-dealkylation sites (N-methyl/N-ethyl adjacent to an activating group) is 1. The maximum absolute atomic E-state index is 6.69. The molecule has 0 spiro atoms. The highest BCUT2D eigenvalue weighted by Crippen LogP contribution is 2.34. The van der Waals surface area contributed by atoms with E-state index in [1.807, 2.05) is 0 Å². The van der Waals surface area contributed by atoms with Gasteiger partial charge in [0.15, 0.2) is 0 Å². The van der Waals surface area contributed by atoms with Crippen LogP contribution in [0.1, 0.15) is 49.7 Å². The summed E-state index contributed by atoms with van der Waals surface area (Å²) in [6.07, 6.45) is 8.85. The first-order chi connectivity index (χ1) is 9.54. The Morgan fingerprint density at radius 2 is 1.80 bits per heavy atom. The molecule has 0 amide bonds. The average molecular weight is 274 g/mol. The fourth-order valence-electron chi connectivity index (χ4n) is 3.77. The third-order valence-electron chi connectivity index (χ3n) is 5.09. The molecule has 0 heterocycles. The molecule has 1 atom stereocenters. The quantitative estimate of drug-likeness (QED) is 0.851. The van der Waals surface area contributed by atoms with Gasteiger partial charge in [-0.2, -0.15) is 0 Å². The van der Waals surface area contributed by atoms with Crippen LogP contribution in [0.2, 0.25) is 0 Å². The van der Waals surface area contributed by atoms with Gasteiger partial charge in [-0.1, -0.05) is 55.5 Å². The zero-order chi connectivity index (χ0) is 14.6. The summed E-state index contributed by atoms with van der Waals surface area (Å²) in [5, 5.41) is 0. The summed E-state index contributed by atoms with van der Waals surface area (Å²) in [6.45, 7) is 2.16. The Bertz CT molecular complexity index is 417. The van der Waals surface area contributed by atoms with Gasteiger partial charge in [0.2, 0.25) is 0 Å². The number of aryl methyl sites for hydroxylation is 1. The Morgan fingerprint density at radius 3 is 2.35 bits per heavy atom. The lowest BCUT2D eigenvalue weighted by Gasteiger charge is -2.44. The van der Waals surface area contributed by atoms with Gasteiger partial charge in [0, 0.05) is 11.6 Å². The lowest BCUT2D eigenvalue weighted by atomic mass is 9.79. The molecule has 2 N–H and O–H groups in total. The Labute approximate surface area is 124 Å². The molecule has 1 fully saturated rings. The maximum Gasteiger partial charge on any atom is 0.0357 e. The first-order valence-electron chi connectivity index (χ1n) is 8.03. The zero-order valence-electron chi connectivity index (χ0n) is 13.4. The average Bonchev–Trinajstić information content (AvgIpc) is 2.65. The van der Waals surface area contributed by atoms with Crippen LogP contribution in [-0.2, 0) is 6.42 Å². The number of nitrogens with zero attached hydrogens (tertiary/aromatic N) is 1. The van der Waals surface area contributed by atoms with Crippen LogP contribution in [0.15, 0.2) is 24.3 Å². The van der Waals surface area contributed by atoms with E-state index in [0.29, 0.717) is 0 Å². The zero-order valence-corrected chi connectivity index (χ0v) is 13.4. The van der Waals surface area contributed by atoms with Gasteiger partial charge in [-0.25, -0.2) is 0 Å². The predicted molar refractivity (Wildman–Crippen MR) is 87.0 cm³/mol. The lowest BCUT2D eigenvalue weighted by Crippen LogP contribution is -2.58. The van der Waals surface area contributed by atoms with Crippen molar-refractivity contribution in [3.63, 3.8) is 0 Å². The molecule has 0 aliphatic heterocycles. The number of rotatable bonds is 4. The van der Waals surface area contributed by atoms with Crippen molar-refractivity contribution in [2.75, 3.05) is 14.1 Å². The fourth-order valence-corrected chi connectivity index (χ4v) is 3.77. The molecule has 0 aromatic heterocycles. The van der Waals surface area contributed by atoms with E-state index in [9.17, 15) is 0 Å². The second-order valence-corrected chi connectivity index (χ2v) is 6.71. The summed E-state index contributed by atoms with van der Waals surface area (Å²) in [6, 6.07) is 9.01. The molecule has 20 heavy (non-hydrogen) atoms. The van der Waals surface area contributed by atoms with Gasteiger partial charge in [-0.15, -0.1) is 0 Å². The molecule has 1 aromatic carbocycles. The molecule has 1 unspecified atom stereocenters. The standard InChI is InChI=1S/C18H30N2/c1-15-9-8-10-16(13-15)14-17(19)18(20(2)3)11-6-4-5-7-12-18/h8-10,13,17H,4-7,11-12,14,19H2,1-3H3.